The predicted molar refractivity (Wildman–Crippen MR) is 102 cm³/mol. The largest absolute Gasteiger partial charge is 0.487 e. The van der Waals surface area contributed by atoms with Crippen molar-refractivity contribution in [2.45, 2.75) is 38.5 Å². The van der Waals surface area contributed by atoms with Crippen LogP contribution in [0.25, 0.3) is 11.3 Å². The summed E-state index contributed by atoms with van der Waals surface area (Å²) >= 11 is 0. The Morgan fingerprint density at radius 2 is 2.08 bits per heavy atom. The lowest BCUT2D eigenvalue weighted by Gasteiger charge is -2.38. The van der Waals surface area contributed by atoms with Crippen LogP contribution >= 0.6 is 0 Å². The topological polar surface area (TPSA) is 52.0 Å². The van der Waals surface area contributed by atoms with Crippen LogP contribution in [0.2, 0.25) is 0 Å². The van der Waals surface area contributed by atoms with Gasteiger partial charge >= 0.3 is 0 Å². The number of nitrogens with zero attached hydrogens (tertiary/aromatic N) is 3. The number of benzene rings is 1. The second-order valence-electron chi connectivity index (χ2n) is 7.46. The van der Waals surface area contributed by atoms with Crippen LogP contribution in [-0.4, -0.2) is 20.4 Å². The van der Waals surface area contributed by atoms with Crippen molar-refractivity contribution < 1.29 is 4.74 Å². The zero-order valence-electron chi connectivity index (χ0n) is 15.4. The molecule has 4 rings (SSSR count). The molecule has 3 heterocycles. The Balaban J connectivity index is 1.59. The Kier molecular flexibility index (Phi) is 4.24. The molecule has 1 unspecified atom stereocenters. The summed E-state index contributed by atoms with van der Waals surface area (Å²) in [4.78, 5) is 4.22. The first-order valence-corrected chi connectivity index (χ1v) is 8.96. The van der Waals surface area contributed by atoms with Gasteiger partial charge in [0, 0.05) is 61.3 Å². The van der Waals surface area contributed by atoms with Gasteiger partial charge in [-0.2, -0.15) is 5.10 Å². The van der Waals surface area contributed by atoms with Gasteiger partial charge in [-0.25, -0.2) is 0 Å². The van der Waals surface area contributed by atoms with E-state index in [0.29, 0.717) is 0 Å². The molecule has 0 bridgehead atoms. The van der Waals surface area contributed by atoms with Gasteiger partial charge in [0.2, 0.25) is 0 Å². The molecule has 0 amide bonds. The van der Waals surface area contributed by atoms with Crippen molar-refractivity contribution in [1.29, 1.82) is 0 Å². The summed E-state index contributed by atoms with van der Waals surface area (Å²) in [5.74, 6) is 0.972. The van der Waals surface area contributed by atoms with Crippen LogP contribution in [0.1, 0.15) is 37.4 Å². The molecule has 0 saturated heterocycles. The van der Waals surface area contributed by atoms with Gasteiger partial charge in [-0.15, -0.1) is 0 Å². The number of pyridine rings is 1. The average molecular weight is 348 g/mol. The standard InChI is InChI=1S/C21H24N4O/c1-21(2)11-18(17-8-4-5-9-19(17)26-21)23-13-16-14-25(3)24-20(16)15-7-6-10-22-12-15/h4-10,12,14,18,23H,11,13H2,1-3H3. The summed E-state index contributed by atoms with van der Waals surface area (Å²) in [5, 5.41) is 8.35. The van der Waals surface area contributed by atoms with Crippen molar-refractivity contribution in [3.63, 3.8) is 0 Å². The van der Waals surface area contributed by atoms with Gasteiger partial charge in [-0.05, 0) is 32.0 Å². The normalized spacial score (nSPS) is 18.2. The van der Waals surface area contributed by atoms with Crippen LogP contribution in [0.4, 0.5) is 0 Å². The molecule has 0 radical (unpaired) electrons. The van der Waals surface area contributed by atoms with Gasteiger partial charge < -0.3 is 10.1 Å². The highest BCUT2D eigenvalue weighted by molar-refractivity contribution is 5.61. The first-order valence-electron chi connectivity index (χ1n) is 8.96. The third-order valence-electron chi connectivity index (χ3n) is 4.75. The summed E-state index contributed by atoms with van der Waals surface area (Å²) in [6.07, 6.45) is 6.64. The van der Waals surface area contributed by atoms with E-state index in [1.165, 1.54) is 11.1 Å². The lowest BCUT2D eigenvalue weighted by Crippen LogP contribution is -2.39. The maximum Gasteiger partial charge on any atom is 0.124 e. The zero-order chi connectivity index (χ0) is 18.1. The van der Waals surface area contributed by atoms with E-state index in [-0.39, 0.29) is 11.6 Å². The molecule has 1 aromatic carbocycles. The van der Waals surface area contributed by atoms with Crippen molar-refractivity contribution in [2.24, 2.45) is 7.05 Å². The number of hydrogen-bond donors (Lipinski definition) is 1. The summed E-state index contributed by atoms with van der Waals surface area (Å²) in [6.45, 7) is 5.03. The lowest BCUT2D eigenvalue weighted by molar-refractivity contribution is 0.0657. The van der Waals surface area contributed by atoms with Crippen molar-refractivity contribution in [3.8, 4) is 17.0 Å². The van der Waals surface area contributed by atoms with Crippen LogP contribution in [0.15, 0.2) is 55.0 Å². The van der Waals surface area contributed by atoms with Crippen LogP contribution in [0.5, 0.6) is 5.75 Å². The van der Waals surface area contributed by atoms with Crippen LogP contribution in [-0.2, 0) is 13.6 Å². The van der Waals surface area contributed by atoms with E-state index in [2.05, 4.69) is 53.6 Å². The van der Waals surface area contributed by atoms with Gasteiger partial charge in [-0.1, -0.05) is 18.2 Å². The van der Waals surface area contributed by atoms with E-state index in [9.17, 15) is 0 Å². The Morgan fingerprint density at radius 1 is 1.23 bits per heavy atom. The van der Waals surface area contributed by atoms with E-state index >= 15 is 0 Å². The monoisotopic (exact) mass is 348 g/mol. The van der Waals surface area contributed by atoms with Crippen LogP contribution in [0.3, 0.4) is 0 Å². The fourth-order valence-electron chi connectivity index (χ4n) is 3.63. The van der Waals surface area contributed by atoms with Gasteiger partial charge in [0.25, 0.3) is 0 Å². The molecule has 3 aromatic rings. The number of nitrogens with one attached hydrogen (secondary N) is 1. The highest BCUT2D eigenvalue weighted by Crippen LogP contribution is 2.39. The van der Waals surface area contributed by atoms with Crippen molar-refractivity contribution in [3.05, 3.63) is 66.1 Å². The van der Waals surface area contributed by atoms with Crippen molar-refractivity contribution in [2.75, 3.05) is 0 Å². The third-order valence-corrected chi connectivity index (χ3v) is 4.75. The fourth-order valence-corrected chi connectivity index (χ4v) is 3.63. The Hall–Kier alpha value is -2.66. The number of aryl methyl sites for hydroxylation is 1. The van der Waals surface area contributed by atoms with Crippen molar-refractivity contribution in [1.82, 2.24) is 20.1 Å². The molecule has 2 aromatic heterocycles. The number of fused-ring (bicyclic) bond motifs is 1. The zero-order valence-corrected chi connectivity index (χ0v) is 15.4. The van der Waals surface area contributed by atoms with E-state index in [0.717, 1.165) is 30.0 Å². The highest BCUT2D eigenvalue weighted by atomic mass is 16.5. The number of aromatic nitrogens is 3. The number of rotatable bonds is 4. The molecular formula is C21H24N4O. The second kappa shape index (κ2) is 6.57. The number of para-hydroxylation sites is 1. The molecular weight excluding hydrogens is 324 g/mol. The number of ether oxygens (including phenoxy) is 1. The second-order valence-corrected chi connectivity index (χ2v) is 7.46. The molecule has 0 fully saturated rings. The quantitative estimate of drug-likeness (QED) is 0.777. The molecule has 0 saturated carbocycles. The van der Waals surface area contributed by atoms with Crippen LogP contribution in [0, 0.1) is 0 Å². The molecule has 1 atom stereocenters. The minimum Gasteiger partial charge on any atom is -0.487 e. The SMILES string of the molecule is Cn1cc(CNC2CC(C)(C)Oc3ccccc32)c(-c2cccnc2)n1. The maximum absolute atomic E-state index is 6.13. The van der Waals surface area contributed by atoms with Crippen LogP contribution < -0.4 is 10.1 Å². The average Bonchev–Trinajstić information content (AvgIpc) is 3.00. The molecule has 0 aliphatic carbocycles. The molecule has 5 heteroatoms. The summed E-state index contributed by atoms with van der Waals surface area (Å²) < 4.78 is 8.00. The molecule has 134 valence electrons. The smallest absolute Gasteiger partial charge is 0.124 e. The maximum atomic E-state index is 6.13. The van der Waals surface area contributed by atoms with E-state index < -0.39 is 0 Å². The Bertz CT molecular complexity index is 901. The summed E-state index contributed by atoms with van der Waals surface area (Å²) in [6, 6.07) is 12.5. The van der Waals surface area contributed by atoms with E-state index in [1.807, 2.05) is 36.1 Å². The van der Waals surface area contributed by atoms with Gasteiger partial charge in [0.15, 0.2) is 0 Å². The molecule has 0 spiro atoms. The van der Waals surface area contributed by atoms with E-state index in [4.69, 9.17) is 4.74 Å². The third kappa shape index (κ3) is 3.35. The minimum absolute atomic E-state index is 0.187. The van der Waals surface area contributed by atoms with Gasteiger partial charge in [0.05, 0.1) is 5.69 Å². The molecule has 1 aliphatic heterocycles. The Morgan fingerprint density at radius 3 is 2.88 bits per heavy atom. The van der Waals surface area contributed by atoms with Gasteiger partial charge in [0.1, 0.15) is 11.4 Å². The lowest BCUT2D eigenvalue weighted by atomic mass is 9.89. The highest BCUT2D eigenvalue weighted by Gasteiger charge is 2.33. The molecule has 26 heavy (non-hydrogen) atoms. The van der Waals surface area contributed by atoms with Gasteiger partial charge in [-0.3, -0.25) is 9.67 Å². The first kappa shape index (κ1) is 16.8. The van der Waals surface area contributed by atoms with E-state index in [1.54, 1.807) is 6.20 Å². The summed E-state index contributed by atoms with van der Waals surface area (Å²) in [7, 11) is 1.95. The Labute approximate surface area is 154 Å². The predicted octanol–water partition coefficient (Wildman–Crippen LogP) is 3.87. The van der Waals surface area contributed by atoms with Crippen molar-refractivity contribution >= 4 is 0 Å². The molecule has 1 aliphatic rings. The summed E-state index contributed by atoms with van der Waals surface area (Å²) in [5.41, 5.74) is 4.22. The fraction of sp³-hybridized carbons (Fsp3) is 0.333. The minimum atomic E-state index is -0.187. The first-order chi connectivity index (χ1) is 12.5. The number of hydrogen-bond acceptors (Lipinski definition) is 4. The molecule has 1 N–H and O–H groups in total. The molecule has 5 nitrogen and oxygen atoms in total.